The number of halogens is 1. The quantitative estimate of drug-likeness (QED) is 0.818. The molecule has 1 fully saturated rings. The number of piperidine rings is 1. The summed E-state index contributed by atoms with van der Waals surface area (Å²) in [5.41, 5.74) is 0.0996. The first-order valence-electron chi connectivity index (χ1n) is 8.37. The number of aliphatic hydroxyl groups is 1. The number of methoxy groups -OCH3 is 1. The Morgan fingerprint density at radius 1 is 1.38 bits per heavy atom. The smallest absolute Gasteiger partial charge is 0.256 e. The van der Waals surface area contributed by atoms with Crippen LogP contribution in [0.15, 0.2) is 24.3 Å². The number of rotatable bonds is 7. The average Bonchev–Trinajstić information content (AvgIpc) is 2.59. The highest BCUT2D eigenvalue weighted by atomic mass is 19.1. The van der Waals surface area contributed by atoms with Gasteiger partial charge in [0, 0.05) is 39.9 Å². The summed E-state index contributed by atoms with van der Waals surface area (Å²) in [5, 5.41) is 9.56. The van der Waals surface area contributed by atoms with Crippen LogP contribution in [0.4, 0.5) is 4.39 Å². The number of benzene rings is 1. The molecule has 1 amide bonds. The van der Waals surface area contributed by atoms with Crippen molar-refractivity contribution in [2.45, 2.75) is 6.42 Å². The molecular formula is C18H27FN2O3. The number of aliphatic hydroxyl groups excluding tert-OH is 1. The minimum Gasteiger partial charge on any atom is -0.396 e. The van der Waals surface area contributed by atoms with Crippen LogP contribution in [-0.2, 0) is 4.74 Å². The van der Waals surface area contributed by atoms with Crippen molar-refractivity contribution in [1.29, 1.82) is 0 Å². The van der Waals surface area contributed by atoms with E-state index >= 15 is 0 Å². The van der Waals surface area contributed by atoms with Crippen molar-refractivity contribution in [1.82, 2.24) is 9.80 Å². The van der Waals surface area contributed by atoms with E-state index in [1.165, 1.54) is 12.1 Å². The second-order valence-corrected chi connectivity index (χ2v) is 6.60. The zero-order valence-corrected chi connectivity index (χ0v) is 14.4. The summed E-state index contributed by atoms with van der Waals surface area (Å²) >= 11 is 0. The maximum absolute atomic E-state index is 13.9. The lowest BCUT2D eigenvalue weighted by atomic mass is 9.89. The third-order valence-electron chi connectivity index (χ3n) is 4.52. The summed E-state index contributed by atoms with van der Waals surface area (Å²) in [6, 6.07) is 6.06. The average molecular weight is 338 g/mol. The lowest BCUT2D eigenvalue weighted by molar-refractivity contribution is 0.0447. The van der Waals surface area contributed by atoms with Gasteiger partial charge in [-0.15, -0.1) is 0 Å². The highest BCUT2D eigenvalue weighted by molar-refractivity contribution is 5.94. The minimum atomic E-state index is -0.498. The van der Waals surface area contributed by atoms with E-state index in [1.54, 1.807) is 24.1 Å². The van der Waals surface area contributed by atoms with Crippen LogP contribution < -0.4 is 0 Å². The second kappa shape index (κ2) is 9.11. The largest absolute Gasteiger partial charge is 0.396 e. The Balaban J connectivity index is 2.04. The molecule has 1 heterocycles. The fourth-order valence-corrected chi connectivity index (χ4v) is 3.33. The molecule has 0 aromatic heterocycles. The van der Waals surface area contributed by atoms with E-state index in [9.17, 15) is 14.3 Å². The van der Waals surface area contributed by atoms with Gasteiger partial charge in [0.05, 0.1) is 12.2 Å². The van der Waals surface area contributed by atoms with Gasteiger partial charge < -0.3 is 19.6 Å². The summed E-state index contributed by atoms with van der Waals surface area (Å²) in [7, 11) is 3.69. The molecule has 1 saturated heterocycles. The van der Waals surface area contributed by atoms with E-state index in [0.717, 1.165) is 19.5 Å². The number of ether oxygens (including phenoxy) is 1. The van der Waals surface area contributed by atoms with Crippen molar-refractivity contribution < 1.29 is 19.0 Å². The molecular weight excluding hydrogens is 311 g/mol. The maximum Gasteiger partial charge on any atom is 0.256 e. The van der Waals surface area contributed by atoms with Crippen molar-refractivity contribution in [3.63, 3.8) is 0 Å². The number of nitrogens with zero attached hydrogens (tertiary/aromatic N) is 2. The highest BCUT2D eigenvalue weighted by Crippen LogP contribution is 2.24. The first-order valence-corrected chi connectivity index (χ1v) is 8.37. The molecule has 1 aromatic rings. The molecule has 0 unspecified atom stereocenters. The predicted molar refractivity (Wildman–Crippen MR) is 90.4 cm³/mol. The van der Waals surface area contributed by atoms with E-state index in [1.807, 2.05) is 7.05 Å². The van der Waals surface area contributed by atoms with Crippen molar-refractivity contribution in [3.8, 4) is 0 Å². The van der Waals surface area contributed by atoms with Crippen molar-refractivity contribution >= 4 is 5.91 Å². The number of hydrogen-bond acceptors (Lipinski definition) is 4. The van der Waals surface area contributed by atoms with Crippen LogP contribution in [0.3, 0.4) is 0 Å². The van der Waals surface area contributed by atoms with Crippen LogP contribution in [-0.4, -0.2) is 74.4 Å². The van der Waals surface area contributed by atoms with E-state index in [0.29, 0.717) is 19.7 Å². The molecule has 1 N–H and O–H groups in total. The Kier molecular flexibility index (Phi) is 7.15. The molecule has 0 radical (unpaired) electrons. The summed E-state index contributed by atoms with van der Waals surface area (Å²) in [6.07, 6.45) is 0.870. The fraction of sp³-hybridized carbons (Fsp3) is 0.611. The van der Waals surface area contributed by atoms with Crippen LogP contribution in [0.25, 0.3) is 0 Å². The summed E-state index contributed by atoms with van der Waals surface area (Å²) in [4.78, 5) is 16.5. The Bertz CT molecular complexity index is 541. The summed E-state index contributed by atoms with van der Waals surface area (Å²) < 4.78 is 19.0. The second-order valence-electron chi connectivity index (χ2n) is 6.60. The predicted octanol–water partition coefficient (Wildman–Crippen LogP) is 1.47. The Hall–Kier alpha value is -1.50. The van der Waals surface area contributed by atoms with Gasteiger partial charge in [0.2, 0.25) is 0 Å². The fourth-order valence-electron chi connectivity index (χ4n) is 3.33. The van der Waals surface area contributed by atoms with E-state index in [4.69, 9.17) is 4.74 Å². The van der Waals surface area contributed by atoms with Crippen LogP contribution in [0.5, 0.6) is 0 Å². The molecule has 1 aliphatic rings. The normalized spacial score (nSPS) is 21.3. The number of carbonyl (C=O) groups excluding carboxylic acids is 1. The zero-order valence-electron chi connectivity index (χ0n) is 14.4. The standard InChI is InChI=1S/C18H27FN2O3/c1-20(7-8-24-2)10-14-9-15(13-22)12-21(11-14)18(23)16-5-3-4-6-17(16)19/h3-6,14-15,22H,7-13H2,1-2H3/t14-,15+/m1/s1. The molecule has 0 bridgehead atoms. The van der Waals surface area contributed by atoms with Crippen LogP contribution >= 0.6 is 0 Å². The lowest BCUT2D eigenvalue weighted by Gasteiger charge is -2.38. The van der Waals surface area contributed by atoms with Gasteiger partial charge in [0.1, 0.15) is 5.82 Å². The summed E-state index contributed by atoms with van der Waals surface area (Å²) in [5.74, 6) is -0.498. The first-order chi connectivity index (χ1) is 11.5. The molecule has 24 heavy (non-hydrogen) atoms. The van der Waals surface area contributed by atoms with Gasteiger partial charge in [-0.1, -0.05) is 12.1 Å². The molecule has 1 aliphatic heterocycles. The van der Waals surface area contributed by atoms with Gasteiger partial charge in [-0.05, 0) is 37.4 Å². The lowest BCUT2D eigenvalue weighted by Crippen LogP contribution is -2.48. The van der Waals surface area contributed by atoms with Gasteiger partial charge in [-0.2, -0.15) is 0 Å². The Morgan fingerprint density at radius 3 is 2.75 bits per heavy atom. The van der Waals surface area contributed by atoms with Gasteiger partial charge >= 0.3 is 0 Å². The van der Waals surface area contributed by atoms with Gasteiger partial charge in [-0.3, -0.25) is 4.79 Å². The van der Waals surface area contributed by atoms with Crippen molar-refractivity contribution in [3.05, 3.63) is 35.6 Å². The molecule has 1 aromatic carbocycles. The third-order valence-corrected chi connectivity index (χ3v) is 4.52. The van der Waals surface area contributed by atoms with Crippen LogP contribution in [0, 0.1) is 17.7 Å². The topological polar surface area (TPSA) is 53.0 Å². The Labute approximate surface area is 143 Å². The van der Waals surface area contributed by atoms with Crippen LogP contribution in [0.1, 0.15) is 16.8 Å². The highest BCUT2D eigenvalue weighted by Gasteiger charge is 2.31. The van der Waals surface area contributed by atoms with E-state index < -0.39 is 5.82 Å². The molecule has 2 atom stereocenters. The third kappa shape index (κ3) is 5.00. The zero-order chi connectivity index (χ0) is 17.5. The Morgan fingerprint density at radius 2 is 2.08 bits per heavy atom. The first kappa shape index (κ1) is 18.8. The molecule has 5 nitrogen and oxygen atoms in total. The summed E-state index contributed by atoms with van der Waals surface area (Å²) in [6.45, 7) is 3.39. The van der Waals surface area contributed by atoms with Gasteiger partial charge in [0.25, 0.3) is 5.91 Å². The van der Waals surface area contributed by atoms with Gasteiger partial charge in [-0.25, -0.2) is 4.39 Å². The minimum absolute atomic E-state index is 0.0373. The molecule has 0 saturated carbocycles. The maximum atomic E-state index is 13.9. The molecule has 134 valence electrons. The van der Waals surface area contributed by atoms with Crippen molar-refractivity contribution in [2.75, 3.05) is 53.6 Å². The molecule has 0 aliphatic carbocycles. The number of likely N-dealkylation sites (tertiary alicyclic amines) is 1. The number of amides is 1. The monoisotopic (exact) mass is 338 g/mol. The van der Waals surface area contributed by atoms with Gasteiger partial charge in [0.15, 0.2) is 0 Å². The molecule has 0 spiro atoms. The van der Waals surface area contributed by atoms with Crippen LogP contribution in [0.2, 0.25) is 0 Å². The SMILES string of the molecule is COCCN(C)C[C@H]1C[C@H](CO)CN(C(=O)c2ccccc2F)C1. The number of hydrogen-bond donors (Lipinski definition) is 1. The van der Waals surface area contributed by atoms with Crippen molar-refractivity contribution in [2.24, 2.45) is 11.8 Å². The van der Waals surface area contributed by atoms with E-state index in [2.05, 4.69) is 4.90 Å². The van der Waals surface area contributed by atoms with E-state index in [-0.39, 0.29) is 29.9 Å². The molecule has 2 rings (SSSR count). The molecule has 6 heteroatoms. The number of carbonyl (C=O) groups is 1. The number of likely N-dealkylation sites (N-methyl/N-ethyl adjacent to an activating group) is 1.